The second-order valence-corrected chi connectivity index (χ2v) is 5.65. The highest BCUT2D eigenvalue weighted by Crippen LogP contribution is 2.15. The lowest BCUT2D eigenvalue weighted by Gasteiger charge is -2.19. The number of nitrogens with zero attached hydrogens (tertiary/aromatic N) is 1. The summed E-state index contributed by atoms with van der Waals surface area (Å²) < 4.78 is 13.6. The van der Waals surface area contributed by atoms with Crippen LogP contribution in [0.25, 0.3) is 0 Å². The molecule has 0 aliphatic carbocycles. The SMILES string of the molecule is CCN(Cc1cccc(NC(=O)c2ccc(C)c(F)c2)c1)C(C)=O. The number of aryl methyl sites for hydroxylation is 1. The number of carbonyl (C=O) groups excluding carboxylic acids is 2. The van der Waals surface area contributed by atoms with Gasteiger partial charge in [0.05, 0.1) is 0 Å². The van der Waals surface area contributed by atoms with Crippen molar-refractivity contribution >= 4 is 17.5 Å². The van der Waals surface area contributed by atoms with Crippen molar-refractivity contribution < 1.29 is 14.0 Å². The van der Waals surface area contributed by atoms with E-state index in [9.17, 15) is 14.0 Å². The van der Waals surface area contributed by atoms with Crippen LogP contribution < -0.4 is 5.32 Å². The molecule has 1 N–H and O–H groups in total. The maximum Gasteiger partial charge on any atom is 0.255 e. The van der Waals surface area contributed by atoms with Gasteiger partial charge in [-0.05, 0) is 49.2 Å². The lowest BCUT2D eigenvalue weighted by atomic mass is 10.1. The van der Waals surface area contributed by atoms with E-state index < -0.39 is 5.82 Å². The Labute approximate surface area is 141 Å². The van der Waals surface area contributed by atoms with Crippen molar-refractivity contribution in [1.82, 2.24) is 4.90 Å². The number of hydrogen-bond acceptors (Lipinski definition) is 2. The summed E-state index contributed by atoms with van der Waals surface area (Å²) in [6, 6.07) is 11.7. The molecule has 0 atom stereocenters. The average molecular weight is 328 g/mol. The molecule has 126 valence electrons. The van der Waals surface area contributed by atoms with Crippen LogP contribution in [-0.2, 0) is 11.3 Å². The monoisotopic (exact) mass is 328 g/mol. The molecule has 0 aliphatic rings. The van der Waals surface area contributed by atoms with Crippen molar-refractivity contribution in [2.45, 2.75) is 27.3 Å². The van der Waals surface area contributed by atoms with Gasteiger partial charge in [0.15, 0.2) is 0 Å². The summed E-state index contributed by atoms with van der Waals surface area (Å²) in [5.41, 5.74) is 2.29. The molecule has 24 heavy (non-hydrogen) atoms. The van der Waals surface area contributed by atoms with Crippen molar-refractivity contribution in [2.24, 2.45) is 0 Å². The minimum atomic E-state index is -0.406. The van der Waals surface area contributed by atoms with Crippen LogP contribution in [-0.4, -0.2) is 23.3 Å². The standard InChI is InChI=1S/C19H21FN2O2/c1-4-22(14(3)23)12-15-6-5-7-17(10-15)21-19(24)16-9-8-13(2)18(20)11-16/h5-11H,4,12H2,1-3H3,(H,21,24). The van der Waals surface area contributed by atoms with Crippen molar-refractivity contribution in [3.8, 4) is 0 Å². The number of benzene rings is 2. The zero-order chi connectivity index (χ0) is 17.7. The second-order valence-electron chi connectivity index (χ2n) is 5.65. The number of hydrogen-bond donors (Lipinski definition) is 1. The van der Waals surface area contributed by atoms with Crippen molar-refractivity contribution in [3.63, 3.8) is 0 Å². The summed E-state index contributed by atoms with van der Waals surface area (Å²) in [4.78, 5) is 25.4. The molecule has 2 amide bonds. The van der Waals surface area contributed by atoms with E-state index in [1.54, 1.807) is 30.0 Å². The Bertz CT molecular complexity index is 759. The Morgan fingerprint density at radius 2 is 1.92 bits per heavy atom. The number of halogens is 1. The lowest BCUT2D eigenvalue weighted by molar-refractivity contribution is -0.129. The van der Waals surface area contributed by atoms with Gasteiger partial charge >= 0.3 is 0 Å². The third-order valence-corrected chi connectivity index (χ3v) is 3.82. The van der Waals surface area contributed by atoms with E-state index in [1.165, 1.54) is 13.0 Å². The van der Waals surface area contributed by atoms with E-state index in [2.05, 4.69) is 5.32 Å². The van der Waals surface area contributed by atoms with Gasteiger partial charge in [0, 0.05) is 31.3 Å². The first kappa shape index (κ1) is 17.7. The molecule has 0 bridgehead atoms. The summed E-state index contributed by atoms with van der Waals surface area (Å²) >= 11 is 0. The van der Waals surface area contributed by atoms with Gasteiger partial charge in [-0.3, -0.25) is 9.59 Å². The number of anilines is 1. The van der Waals surface area contributed by atoms with Crippen LogP contribution >= 0.6 is 0 Å². The van der Waals surface area contributed by atoms with E-state index in [4.69, 9.17) is 0 Å². The van der Waals surface area contributed by atoms with Gasteiger partial charge in [0.2, 0.25) is 5.91 Å². The molecule has 0 saturated carbocycles. The number of rotatable bonds is 5. The largest absolute Gasteiger partial charge is 0.339 e. The Morgan fingerprint density at radius 3 is 2.54 bits per heavy atom. The molecule has 0 aliphatic heterocycles. The highest BCUT2D eigenvalue weighted by atomic mass is 19.1. The van der Waals surface area contributed by atoms with E-state index >= 15 is 0 Å². The topological polar surface area (TPSA) is 49.4 Å². The highest BCUT2D eigenvalue weighted by Gasteiger charge is 2.10. The molecular weight excluding hydrogens is 307 g/mol. The summed E-state index contributed by atoms with van der Waals surface area (Å²) in [5.74, 6) is -0.775. The fourth-order valence-corrected chi connectivity index (χ4v) is 2.35. The van der Waals surface area contributed by atoms with E-state index in [-0.39, 0.29) is 17.4 Å². The van der Waals surface area contributed by atoms with Crippen LogP contribution in [0.3, 0.4) is 0 Å². The van der Waals surface area contributed by atoms with Crippen molar-refractivity contribution in [1.29, 1.82) is 0 Å². The van der Waals surface area contributed by atoms with Gasteiger partial charge in [-0.1, -0.05) is 18.2 Å². The van der Waals surface area contributed by atoms with Gasteiger partial charge in [-0.25, -0.2) is 4.39 Å². The van der Waals surface area contributed by atoms with Gasteiger partial charge < -0.3 is 10.2 Å². The minimum absolute atomic E-state index is 0.00192. The fraction of sp³-hybridized carbons (Fsp3) is 0.263. The maximum absolute atomic E-state index is 13.6. The summed E-state index contributed by atoms with van der Waals surface area (Å²) in [6.45, 7) is 6.19. The lowest BCUT2D eigenvalue weighted by Crippen LogP contribution is -2.27. The average Bonchev–Trinajstić information content (AvgIpc) is 2.55. The molecule has 2 aromatic carbocycles. The second kappa shape index (κ2) is 7.73. The molecule has 5 heteroatoms. The molecule has 0 saturated heterocycles. The summed E-state index contributed by atoms with van der Waals surface area (Å²) in [6.07, 6.45) is 0. The zero-order valence-corrected chi connectivity index (χ0v) is 14.1. The Morgan fingerprint density at radius 1 is 1.17 bits per heavy atom. The van der Waals surface area contributed by atoms with E-state index in [0.29, 0.717) is 24.3 Å². The van der Waals surface area contributed by atoms with Gasteiger partial charge in [0.1, 0.15) is 5.82 Å². The summed E-state index contributed by atoms with van der Waals surface area (Å²) in [5, 5.41) is 2.76. The van der Waals surface area contributed by atoms with Gasteiger partial charge in [0.25, 0.3) is 5.91 Å². The smallest absolute Gasteiger partial charge is 0.255 e. The molecule has 0 heterocycles. The van der Waals surface area contributed by atoms with Crippen LogP contribution in [0, 0.1) is 12.7 Å². The predicted octanol–water partition coefficient (Wildman–Crippen LogP) is 3.75. The van der Waals surface area contributed by atoms with Crippen molar-refractivity contribution in [2.75, 3.05) is 11.9 Å². The van der Waals surface area contributed by atoms with Crippen LogP contribution in [0.2, 0.25) is 0 Å². The van der Waals surface area contributed by atoms with Crippen LogP contribution in [0.5, 0.6) is 0 Å². The van der Waals surface area contributed by atoms with Crippen molar-refractivity contribution in [3.05, 3.63) is 65.0 Å². The fourth-order valence-electron chi connectivity index (χ4n) is 2.35. The quantitative estimate of drug-likeness (QED) is 0.908. The molecule has 2 rings (SSSR count). The maximum atomic E-state index is 13.6. The Hall–Kier alpha value is -2.69. The number of amides is 2. The zero-order valence-electron chi connectivity index (χ0n) is 14.1. The van der Waals surface area contributed by atoms with Crippen LogP contribution in [0.1, 0.15) is 35.3 Å². The molecule has 0 aromatic heterocycles. The number of carbonyl (C=O) groups is 2. The molecule has 0 radical (unpaired) electrons. The molecule has 2 aromatic rings. The first-order valence-electron chi connectivity index (χ1n) is 7.82. The third-order valence-electron chi connectivity index (χ3n) is 3.82. The van der Waals surface area contributed by atoms with Crippen LogP contribution in [0.15, 0.2) is 42.5 Å². The predicted molar refractivity (Wildman–Crippen MR) is 92.3 cm³/mol. The minimum Gasteiger partial charge on any atom is -0.339 e. The normalized spacial score (nSPS) is 10.3. The molecular formula is C19H21FN2O2. The third kappa shape index (κ3) is 4.41. The molecule has 4 nitrogen and oxygen atoms in total. The highest BCUT2D eigenvalue weighted by molar-refractivity contribution is 6.04. The Balaban J connectivity index is 2.12. The van der Waals surface area contributed by atoms with Crippen LogP contribution in [0.4, 0.5) is 10.1 Å². The molecule has 0 fully saturated rings. The molecule has 0 spiro atoms. The molecule has 0 unspecified atom stereocenters. The first-order chi connectivity index (χ1) is 11.4. The first-order valence-corrected chi connectivity index (χ1v) is 7.82. The van der Waals surface area contributed by atoms with E-state index in [1.807, 2.05) is 25.1 Å². The van der Waals surface area contributed by atoms with Gasteiger partial charge in [-0.2, -0.15) is 0 Å². The van der Waals surface area contributed by atoms with E-state index in [0.717, 1.165) is 5.56 Å². The Kier molecular flexibility index (Phi) is 5.68. The van der Waals surface area contributed by atoms with Gasteiger partial charge in [-0.15, -0.1) is 0 Å². The summed E-state index contributed by atoms with van der Waals surface area (Å²) in [7, 11) is 0. The number of nitrogens with one attached hydrogen (secondary N) is 1.